The lowest BCUT2D eigenvalue weighted by Gasteiger charge is -2.24. The highest BCUT2D eigenvalue weighted by Gasteiger charge is 2.57. The van der Waals surface area contributed by atoms with Gasteiger partial charge in [0.25, 0.3) is 6.47 Å². The highest BCUT2D eigenvalue weighted by molar-refractivity contribution is 5.81. The molecule has 0 aromatic carbocycles. The molecule has 10 heteroatoms. The maximum Gasteiger partial charge on any atom is 0.313 e. The molecule has 2 aliphatic rings. The van der Waals surface area contributed by atoms with Crippen LogP contribution >= 0.6 is 0 Å². The number of carboxylic acid groups (broad SMARTS) is 2. The number of aliphatic carboxylic acids is 1. The summed E-state index contributed by atoms with van der Waals surface area (Å²) in [4.78, 5) is 39.9. The van der Waals surface area contributed by atoms with Gasteiger partial charge in [-0.2, -0.15) is 5.10 Å². The summed E-state index contributed by atoms with van der Waals surface area (Å²) in [6, 6.07) is 0. The van der Waals surface area contributed by atoms with Gasteiger partial charge in [0.15, 0.2) is 0 Å². The van der Waals surface area contributed by atoms with Crippen molar-refractivity contribution in [2.24, 2.45) is 11.3 Å². The molecule has 2 aliphatic heterocycles. The van der Waals surface area contributed by atoms with Gasteiger partial charge >= 0.3 is 5.97 Å². The monoisotopic (exact) mass is 339 g/mol. The molecular formula is C14H21N5O5. The molecule has 1 amide bonds. The van der Waals surface area contributed by atoms with Crippen LogP contribution in [0.3, 0.4) is 0 Å². The normalized spacial score (nSPS) is 25.7. The van der Waals surface area contributed by atoms with Crippen molar-refractivity contribution in [2.75, 3.05) is 33.2 Å². The second-order valence-electron chi connectivity index (χ2n) is 6.14. The third-order valence-electron chi connectivity index (χ3n) is 4.58. The molecule has 132 valence electrons. The van der Waals surface area contributed by atoms with Crippen molar-refractivity contribution < 1.29 is 24.6 Å². The minimum absolute atomic E-state index is 0.0109. The molecule has 24 heavy (non-hydrogen) atoms. The molecule has 0 aliphatic carbocycles. The smallest absolute Gasteiger partial charge is 0.313 e. The number of nitrogens with zero attached hydrogens (tertiary/aromatic N) is 5. The third kappa shape index (κ3) is 3.53. The summed E-state index contributed by atoms with van der Waals surface area (Å²) in [5.74, 6) is -0.776. The number of carboxylic acids is 1. The predicted molar refractivity (Wildman–Crippen MR) is 81.0 cm³/mol. The fraction of sp³-hybridized carbons (Fsp3) is 0.643. The van der Waals surface area contributed by atoms with Crippen molar-refractivity contribution in [3.8, 4) is 0 Å². The van der Waals surface area contributed by atoms with E-state index in [2.05, 4.69) is 10.1 Å². The molecule has 0 saturated carbocycles. The molecule has 2 N–H and O–H groups in total. The Morgan fingerprint density at radius 3 is 2.62 bits per heavy atom. The van der Waals surface area contributed by atoms with Gasteiger partial charge in [0.05, 0.1) is 6.54 Å². The number of hydrogen-bond donors (Lipinski definition) is 2. The van der Waals surface area contributed by atoms with Crippen molar-refractivity contribution in [3.05, 3.63) is 12.7 Å². The van der Waals surface area contributed by atoms with Crippen LogP contribution in [-0.2, 0) is 20.9 Å². The fourth-order valence-electron chi connectivity index (χ4n) is 3.53. The summed E-state index contributed by atoms with van der Waals surface area (Å²) in [5.41, 5.74) is -0.794. The Labute approximate surface area is 138 Å². The quantitative estimate of drug-likeness (QED) is 0.658. The van der Waals surface area contributed by atoms with E-state index in [-0.39, 0.29) is 18.3 Å². The van der Waals surface area contributed by atoms with Crippen LogP contribution in [0.4, 0.5) is 0 Å². The molecule has 0 unspecified atom stereocenters. The fourth-order valence-corrected chi connectivity index (χ4v) is 3.53. The number of aryl methyl sites for hydroxylation is 1. The number of fused-ring (bicyclic) bond motifs is 1. The Bertz CT molecular complexity index is 592. The first kappa shape index (κ1) is 17.9. The number of likely N-dealkylation sites (tertiary alicyclic amines) is 2. The van der Waals surface area contributed by atoms with Gasteiger partial charge in [-0.15, -0.1) is 0 Å². The second-order valence-corrected chi connectivity index (χ2v) is 6.14. The van der Waals surface area contributed by atoms with Crippen LogP contribution < -0.4 is 0 Å². The molecule has 1 aromatic heterocycles. The van der Waals surface area contributed by atoms with E-state index in [4.69, 9.17) is 9.90 Å². The van der Waals surface area contributed by atoms with Gasteiger partial charge in [-0.25, -0.2) is 4.98 Å². The number of rotatable bonds is 4. The first-order valence-corrected chi connectivity index (χ1v) is 7.53. The zero-order valence-corrected chi connectivity index (χ0v) is 13.4. The van der Waals surface area contributed by atoms with E-state index in [0.717, 1.165) is 6.54 Å². The average molecular weight is 339 g/mol. The Morgan fingerprint density at radius 2 is 2.08 bits per heavy atom. The maximum absolute atomic E-state index is 12.3. The summed E-state index contributed by atoms with van der Waals surface area (Å²) in [6.07, 6.45) is 3.32. The van der Waals surface area contributed by atoms with Gasteiger partial charge in [-0.3, -0.25) is 19.1 Å². The lowest BCUT2D eigenvalue weighted by atomic mass is 9.81. The van der Waals surface area contributed by atoms with E-state index in [1.807, 2.05) is 11.9 Å². The second kappa shape index (κ2) is 7.39. The van der Waals surface area contributed by atoms with Crippen molar-refractivity contribution in [1.29, 1.82) is 0 Å². The number of hydrogen-bond acceptors (Lipinski definition) is 6. The topological polar surface area (TPSA) is 129 Å². The molecule has 2 saturated heterocycles. The van der Waals surface area contributed by atoms with E-state index in [1.165, 1.54) is 6.33 Å². The lowest BCUT2D eigenvalue weighted by molar-refractivity contribution is -0.149. The minimum Gasteiger partial charge on any atom is -0.483 e. The molecule has 0 bridgehead atoms. The van der Waals surface area contributed by atoms with E-state index < -0.39 is 11.4 Å². The van der Waals surface area contributed by atoms with Gasteiger partial charge in [0.1, 0.15) is 18.1 Å². The van der Waals surface area contributed by atoms with Gasteiger partial charge < -0.3 is 20.0 Å². The van der Waals surface area contributed by atoms with E-state index >= 15 is 0 Å². The Kier molecular flexibility index (Phi) is 5.50. The lowest BCUT2D eigenvalue weighted by Crippen LogP contribution is -2.41. The van der Waals surface area contributed by atoms with E-state index in [9.17, 15) is 14.7 Å². The summed E-state index contributed by atoms with van der Waals surface area (Å²) in [5, 5.41) is 20.4. The molecule has 3 rings (SSSR count). The molecule has 10 nitrogen and oxygen atoms in total. The van der Waals surface area contributed by atoms with Crippen LogP contribution in [0.2, 0.25) is 0 Å². The van der Waals surface area contributed by atoms with Crippen molar-refractivity contribution in [2.45, 2.75) is 13.0 Å². The highest BCUT2D eigenvalue weighted by atomic mass is 16.4. The first-order chi connectivity index (χ1) is 11.4. The van der Waals surface area contributed by atoms with Crippen molar-refractivity contribution in [1.82, 2.24) is 24.6 Å². The van der Waals surface area contributed by atoms with Gasteiger partial charge in [0, 0.05) is 38.5 Å². The molecule has 1 aromatic rings. The third-order valence-corrected chi connectivity index (χ3v) is 4.58. The maximum atomic E-state index is 12.3. The van der Waals surface area contributed by atoms with Crippen LogP contribution in [0.15, 0.2) is 12.7 Å². The van der Waals surface area contributed by atoms with Crippen molar-refractivity contribution >= 4 is 18.3 Å². The SMILES string of the molecule is CN1C[C@H]2CN(C(=O)CCn3cncn3)C[C@@]2(C(=O)O)C1.O=CO. The predicted octanol–water partition coefficient (Wildman–Crippen LogP) is -1.16. The van der Waals surface area contributed by atoms with Gasteiger partial charge in [-0.1, -0.05) is 0 Å². The van der Waals surface area contributed by atoms with Crippen LogP contribution in [0, 0.1) is 11.3 Å². The van der Waals surface area contributed by atoms with E-state index in [0.29, 0.717) is 32.6 Å². The zero-order chi connectivity index (χ0) is 17.7. The average Bonchev–Trinajstić information content (AvgIpc) is 3.19. The van der Waals surface area contributed by atoms with Gasteiger partial charge in [-0.05, 0) is 7.05 Å². The summed E-state index contributed by atoms with van der Waals surface area (Å²) >= 11 is 0. The molecule has 0 radical (unpaired) electrons. The summed E-state index contributed by atoms with van der Waals surface area (Å²) in [7, 11) is 1.93. The summed E-state index contributed by atoms with van der Waals surface area (Å²) < 4.78 is 1.61. The first-order valence-electron chi connectivity index (χ1n) is 7.53. The molecule has 0 spiro atoms. The number of aromatic nitrogens is 3. The molecule has 2 atom stereocenters. The van der Waals surface area contributed by atoms with Crippen LogP contribution in [0.1, 0.15) is 6.42 Å². The largest absolute Gasteiger partial charge is 0.483 e. The van der Waals surface area contributed by atoms with E-state index in [1.54, 1.807) is 15.9 Å². The molecular weight excluding hydrogens is 318 g/mol. The van der Waals surface area contributed by atoms with Crippen LogP contribution in [-0.4, -0.2) is 86.4 Å². The Morgan fingerprint density at radius 1 is 1.38 bits per heavy atom. The Hall–Kier alpha value is -2.49. The van der Waals surface area contributed by atoms with Crippen LogP contribution in [0.25, 0.3) is 0 Å². The number of carbonyl (C=O) groups is 3. The highest BCUT2D eigenvalue weighted by Crippen LogP contribution is 2.42. The zero-order valence-electron chi connectivity index (χ0n) is 13.4. The molecule has 2 fully saturated rings. The van der Waals surface area contributed by atoms with Gasteiger partial charge in [0.2, 0.25) is 5.91 Å². The Balaban J connectivity index is 0.000000647. The van der Waals surface area contributed by atoms with Crippen LogP contribution in [0.5, 0.6) is 0 Å². The van der Waals surface area contributed by atoms with Crippen molar-refractivity contribution in [3.63, 3.8) is 0 Å². The number of carbonyl (C=O) groups excluding carboxylic acids is 1. The summed E-state index contributed by atoms with van der Waals surface area (Å²) in [6.45, 7) is 2.32. The molecule has 3 heterocycles. The standard InChI is InChI=1S/C13H19N5O3.CH2O2/c1-16-4-10-5-17(7-13(10,6-16)12(20)21)11(19)2-3-18-9-14-8-15-18;2-1-3/h8-10H,2-7H2,1H3,(H,20,21);1H,(H,2,3)/t10-,13-;/m0./s1. The minimum atomic E-state index is -0.794. The number of amides is 1.